The highest BCUT2D eigenvalue weighted by Crippen LogP contribution is 2.41. The zero-order valence-corrected chi connectivity index (χ0v) is 32.9. The molecule has 7 aromatic rings. The van der Waals surface area contributed by atoms with Gasteiger partial charge in [-0.1, -0.05) is 91.3 Å². The molecule has 5 nitrogen and oxygen atoms in total. The molecule has 0 saturated heterocycles. The third kappa shape index (κ3) is 6.31. The average Bonchev–Trinajstić information content (AvgIpc) is 3.58. The molecule has 0 aliphatic heterocycles. The van der Waals surface area contributed by atoms with Gasteiger partial charge in [0.2, 0.25) is 0 Å². The largest absolute Gasteiger partial charge is 0.457 e. The van der Waals surface area contributed by atoms with Crippen LogP contribution in [0, 0.1) is 27.7 Å². The van der Waals surface area contributed by atoms with Gasteiger partial charge in [-0.2, -0.15) is 5.10 Å². The van der Waals surface area contributed by atoms with Gasteiger partial charge in [0.05, 0.1) is 28.1 Å². The number of benzene rings is 4. The van der Waals surface area contributed by atoms with E-state index >= 15 is 0 Å². The Balaban J connectivity index is 1.38. The molecule has 0 amide bonds. The van der Waals surface area contributed by atoms with Crippen molar-refractivity contribution in [3.63, 3.8) is 0 Å². The van der Waals surface area contributed by atoms with Gasteiger partial charge in [-0.25, -0.2) is 9.67 Å². The summed E-state index contributed by atoms with van der Waals surface area (Å²) < 4.78 is 11.3. The van der Waals surface area contributed by atoms with Crippen LogP contribution in [0.3, 0.4) is 0 Å². The molecule has 0 spiro atoms. The van der Waals surface area contributed by atoms with Gasteiger partial charge in [0.1, 0.15) is 17.3 Å². The zero-order chi connectivity index (χ0) is 37.3. The van der Waals surface area contributed by atoms with Gasteiger partial charge in [-0.05, 0) is 115 Å². The Morgan fingerprint density at radius 3 is 1.98 bits per heavy atom. The Morgan fingerprint density at radius 1 is 0.635 bits per heavy atom. The van der Waals surface area contributed by atoms with Crippen LogP contribution < -0.4 is 4.74 Å². The summed E-state index contributed by atoms with van der Waals surface area (Å²) in [4.78, 5) is 4.87. The predicted molar refractivity (Wildman–Crippen MR) is 218 cm³/mol. The van der Waals surface area contributed by atoms with Crippen molar-refractivity contribution in [3.8, 4) is 34.1 Å². The Hall–Kier alpha value is -5.16. The highest BCUT2D eigenvalue weighted by molar-refractivity contribution is 6.09. The van der Waals surface area contributed by atoms with Crippen LogP contribution in [0.1, 0.15) is 101 Å². The summed E-state index contributed by atoms with van der Waals surface area (Å²) in [5.41, 5.74) is 14.1. The van der Waals surface area contributed by atoms with E-state index in [1.807, 2.05) is 6.20 Å². The Bertz CT molecular complexity index is 2460. The van der Waals surface area contributed by atoms with Crippen molar-refractivity contribution < 1.29 is 4.74 Å². The lowest BCUT2D eigenvalue weighted by Gasteiger charge is -2.23. The minimum Gasteiger partial charge on any atom is -0.457 e. The quantitative estimate of drug-likeness (QED) is 0.175. The van der Waals surface area contributed by atoms with Crippen LogP contribution in [0.25, 0.3) is 44.4 Å². The van der Waals surface area contributed by atoms with Crippen LogP contribution in [0.5, 0.6) is 11.5 Å². The minimum absolute atomic E-state index is 0.00160. The first-order valence-corrected chi connectivity index (χ1v) is 18.5. The molecule has 0 atom stereocenters. The summed E-state index contributed by atoms with van der Waals surface area (Å²) in [5, 5.41) is 7.59. The molecule has 0 unspecified atom stereocenters. The zero-order valence-electron chi connectivity index (χ0n) is 32.9. The molecule has 3 aromatic heterocycles. The number of rotatable bonds is 6. The van der Waals surface area contributed by atoms with Gasteiger partial charge < -0.3 is 4.74 Å². The van der Waals surface area contributed by atoms with E-state index in [0.29, 0.717) is 0 Å². The van der Waals surface area contributed by atoms with E-state index in [1.165, 1.54) is 50.0 Å². The molecule has 5 heteroatoms. The van der Waals surface area contributed by atoms with Crippen LogP contribution in [0.15, 0.2) is 91.1 Å². The molecule has 0 aliphatic carbocycles. The van der Waals surface area contributed by atoms with Crippen LogP contribution in [0.4, 0.5) is 0 Å². The summed E-state index contributed by atoms with van der Waals surface area (Å²) in [6, 6.07) is 30.5. The summed E-state index contributed by atoms with van der Waals surface area (Å²) >= 11 is 0. The van der Waals surface area contributed by atoms with E-state index in [9.17, 15) is 0 Å². The van der Waals surface area contributed by atoms with E-state index in [0.717, 1.165) is 45.1 Å². The van der Waals surface area contributed by atoms with E-state index in [1.54, 1.807) is 0 Å². The molecule has 52 heavy (non-hydrogen) atoms. The third-order valence-electron chi connectivity index (χ3n) is 10.3. The van der Waals surface area contributed by atoms with Gasteiger partial charge in [0, 0.05) is 34.7 Å². The van der Waals surface area contributed by atoms with E-state index in [4.69, 9.17) is 14.8 Å². The smallest absolute Gasteiger partial charge is 0.137 e. The van der Waals surface area contributed by atoms with Crippen LogP contribution >= 0.6 is 0 Å². The van der Waals surface area contributed by atoms with Crippen molar-refractivity contribution in [2.75, 3.05) is 0 Å². The molecule has 7 rings (SSSR count). The molecule has 266 valence electrons. The topological polar surface area (TPSA) is 44.9 Å². The van der Waals surface area contributed by atoms with Crippen molar-refractivity contribution in [1.82, 2.24) is 19.3 Å². The number of ether oxygens (including phenoxy) is 1. The molecule has 0 N–H and O–H groups in total. The van der Waals surface area contributed by atoms with Gasteiger partial charge in [0.25, 0.3) is 0 Å². The maximum Gasteiger partial charge on any atom is 0.137 e. The van der Waals surface area contributed by atoms with E-state index in [-0.39, 0.29) is 16.7 Å². The Morgan fingerprint density at radius 2 is 1.31 bits per heavy atom. The first kappa shape index (κ1) is 35.3. The first-order valence-electron chi connectivity index (χ1n) is 18.5. The fourth-order valence-electron chi connectivity index (χ4n) is 7.76. The standard InChI is InChI=1S/C47H52N4O/c1-28(2)45-44(43-30(4)21-29(3)22-31(43)5)32(6)49-51(45)35-23-34(47(10,11)12)24-37(26-35)52-36-17-18-39-38-15-13-14-16-40(38)50(41(39)27-36)42-25-33(19-20-48-42)46(7,8)9/h13-28H,1-12H3. The molecule has 0 aliphatic rings. The lowest BCUT2D eigenvalue weighted by molar-refractivity contribution is 0.478. The summed E-state index contributed by atoms with van der Waals surface area (Å²) in [5.74, 6) is 2.70. The number of hydrogen-bond acceptors (Lipinski definition) is 3. The molecular formula is C47H52N4O. The number of fused-ring (bicyclic) bond motifs is 3. The first-order chi connectivity index (χ1) is 24.5. The minimum atomic E-state index is -0.110. The van der Waals surface area contributed by atoms with Gasteiger partial charge in [-0.15, -0.1) is 0 Å². The lowest BCUT2D eigenvalue weighted by Crippen LogP contribution is -2.13. The molecule has 3 heterocycles. The van der Waals surface area contributed by atoms with Crippen molar-refractivity contribution in [2.24, 2.45) is 0 Å². The Labute approximate surface area is 309 Å². The second kappa shape index (κ2) is 12.8. The Kier molecular flexibility index (Phi) is 8.68. The summed E-state index contributed by atoms with van der Waals surface area (Å²) in [6.45, 7) is 26.7. The SMILES string of the molecule is Cc1cc(C)c(-c2c(C)nn(-c3cc(Oc4ccc5c6ccccc6n(-c6cc(C(C)(C)C)ccn6)c5c4)cc(C(C)(C)C)c3)c2C(C)C)c(C)c1. The normalized spacial score (nSPS) is 12.4. The highest BCUT2D eigenvalue weighted by Gasteiger charge is 2.25. The number of aryl methyl sites for hydroxylation is 4. The number of para-hydroxylation sites is 1. The van der Waals surface area contributed by atoms with Gasteiger partial charge in [-0.3, -0.25) is 4.57 Å². The predicted octanol–water partition coefficient (Wildman–Crippen LogP) is 12.8. The highest BCUT2D eigenvalue weighted by atomic mass is 16.5. The fraction of sp³-hybridized carbons (Fsp3) is 0.319. The number of nitrogens with zero attached hydrogens (tertiary/aromatic N) is 4. The monoisotopic (exact) mass is 688 g/mol. The number of pyridine rings is 1. The fourth-order valence-corrected chi connectivity index (χ4v) is 7.76. The molecule has 0 saturated carbocycles. The van der Waals surface area contributed by atoms with Crippen molar-refractivity contribution in [1.29, 1.82) is 0 Å². The van der Waals surface area contributed by atoms with Crippen molar-refractivity contribution >= 4 is 21.8 Å². The summed E-state index contributed by atoms with van der Waals surface area (Å²) in [7, 11) is 0. The maximum atomic E-state index is 6.85. The van der Waals surface area contributed by atoms with E-state index < -0.39 is 0 Å². The van der Waals surface area contributed by atoms with Crippen LogP contribution in [-0.4, -0.2) is 19.3 Å². The van der Waals surface area contributed by atoms with Crippen molar-refractivity contribution in [3.05, 3.63) is 130 Å². The van der Waals surface area contributed by atoms with Crippen LogP contribution in [0.2, 0.25) is 0 Å². The molecular weight excluding hydrogens is 637 g/mol. The average molecular weight is 689 g/mol. The van der Waals surface area contributed by atoms with Gasteiger partial charge in [0.15, 0.2) is 0 Å². The van der Waals surface area contributed by atoms with E-state index in [2.05, 4.69) is 177 Å². The van der Waals surface area contributed by atoms with Crippen molar-refractivity contribution in [2.45, 2.75) is 99.8 Å². The molecule has 0 bridgehead atoms. The second-order valence-electron chi connectivity index (χ2n) is 16.9. The third-order valence-corrected chi connectivity index (χ3v) is 10.3. The van der Waals surface area contributed by atoms with Crippen LogP contribution in [-0.2, 0) is 10.8 Å². The number of aromatic nitrogens is 4. The molecule has 0 radical (unpaired) electrons. The molecule has 0 fully saturated rings. The second-order valence-corrected chi connectivity index (χ2v) is 16.9. The summed E-state index contributed by atoms with van der Waals surface area (Å²) in [6.07, 6.45) is 1.92. The number of hydrogen-bond donors (Lipinski definition) is 0. The lowest BCUT2D eigenvalue weighted by atomic mass is 9.86. The molecule has 4 aromatic carbocycles. The maximum absolute atomic E-state index is 6.85. The van der Waals surface area contributed by atoms with Gasteiger partial charge >= 0.3 is 0 Å².